The van der Waals surface area contributed by atoms with Gasteiger partial charge in [-0.15, -0.1) is 0 Å². The lowest BCUT2D eigenvalue weighted by Gasteiger charge is -2.07. The standard InChI is InChI=1S/C16H11ClN4O3S/c1-20-15(22)13(9-10-5-2-3-7-12(10)21(23)24)25-16(20)19-11-6-4-8-18-14(11)17/h2-9H,1H3/b13-9-,19-16?. The summed E-state index contributed by atoms with van der Waals surface area (Å²) >= 11 is 7.11. The van der Waals surface area contributed by atoms with Crippen LogP contribution in [-0.4, -0.2) is 32.9 Å². The van der Waals surface area contributed by atoms with Crippen LogP contribution < -0.4 is 0 Å². The van der Waals surface area contributed by atoms with E-state index in [0.29, 0.717) is 21.3 Å². The van der Waals surface area contributed by atoms with Crippen molar-refractivity contribution >= 4 is 51.9 Å². The SMILES string of the molecule is CN1C(=O)/C(=C/c2ccccc2[N+](=O)[O-])SC1=Nc1cccnc1Cl. The van der Waals surface area contributed by atoms with E-state index < -0.39 is 4.92 Å². The third-order valence-corrected chi connectivity index (χ3v) is 4.73. The Bertz CT molecular complexity index is 929. The monoisotopic (exact) mass is 374 g/mol. The number of hydrogen-bond acceptors (Lipinski definition) is 6. The van der Waals surface area contributed by atoms with Gasteiger partial charge in [0.05, 0.1) is 15.4 Å². The Kier molecular flexibility index (Phi) is 4.82. The molecule has 0 N–H and O–H groups in total. The predicted molar refractivity (Wildman–Crippen MR) is 97.8 cm³/mol. The highest BCUT2D eigenvalue weighted by atomic mass is 35.5. The van der Waals surface area contributed by atoms with Gasteiger partial charge < -0.3 is 0 Å². The fraction of sp³-hybridized carbons (Fsp3) is 0.0625. The molecule has 1 amide bonds. The van der Waals surface area contributed by atoms with Crippen molar-refractivity contribution in [3.63, 3.8) is 0 Å². The van der Waals surface area contributed by atoms with Gasteiger partial charge in [0.15, 0.2) is 10.3 Å². The number of nitrogens with zero attached hydrogens (tertiary/aromatic N) is 4. The van der Waals surface area contributed by atoms with Crippen molar-refractivity contribution in [2.45, 2.75) is 0 Å². The number of benzene rings is 1. The number of amidine groups is 1. The average Bonchev–Trinajstić information content (AvgIpc) is 2.85. The summed E-state index contributed by atoms with van der Waals surface area (Å²) in [7, 11) is 1.58. The van der Waals surface area contributed by atoms with Gasteiger partial charge in [-0.1, -0.05) is 23.7 Å². The minimum absolute atomic E-state index is 0.0632. The molecule has 25 heavy (non-hydrogen) atoms. The number of aliphatic imine (C=N–C) groups is 1. The number of nitro benzene ring substituents is 1. The molecule has 1 fully saturated rings. The number of pyridine rings is 1. The number of amides is 1. The van der Waals surface area contributed by atoms with Crippen LogP contribution in [-0.2, 0) is 4.79 Å². The maximum absolute atomic E-state index is 12.4. The zero-order valence-corrected chi connectivity index (χ0v) is 14.5. The Morgan fingerprint density at radius 1 is 1.32 bits per heavy atom. The van der Waals surface area contributed by atoms with Gasteiger partial charge in [-0.05, 0) is 36.0 Å². The lowest BCUT2D eigenvalue weighted by molar-refractivity contribution is -0.385. The normalized spacial score (nSPS) is 17.5. The van der Waals surface area contributed by atoms with Crippen molar-refractivity contribution in [2.24, 2.45) is 4.99 Å². The Balaban J connectivity index is 1.97. The molecule has 2 heterocycles. The molecule has 1 aromatic carbocycles. The quantitative estimate of drug-likeness (QED) is 0.352. The molecule has 126 valence electrons. The number of carbonyl (C=O) groups is 1. The van der Waals surface area contributed by atoms with E-state index in [0.717, 1.165) is 11.8 Å². The van der Waals surface area contributed by atoms with Gasteiger partial charge in [0.25, 0.3) is 11.6 Å². The van der Waals surface area contributed by atoms with Crippen molar-refractivity contribution in [1.82, 2.24) is 9.88 Å². The topological polar surface area (TPSA) is 88.7 Å². The molecule has 9 heteroatoms. The summed E-state index contributed by atoms with van der Waals surface area (Å²) < 4.78 is 0. The maximum atomic E-state index is 12.4. The number of para-hydroxylation sites is 1. The van der Waals surface area contributed by atoms with Crippen LogP contribution in [0.2, 0.25) is 5.15 Å². The second kappa shape index (κ2) is 7.04. The lowest BCUT2D eigenvalue weighted by atomic mass is 10.1. The molecule has 1 saturated heterocycles. The molecule has 2 aromatic rings. The van der Waals surface area contributed by atoms with Gasteiger partial charge in [0.1, 0.15) is 5.69 Å². The van der Waals surface area contributed by atoms with Crippen molar-refractivity contribution in [3.05, 3.63) is 68.3 Å². The molecule has 0 unspecified atom stereocenters. The lowest BCUT2D eigenvalue weighted by Crippen LogP contribution is -2.23. The summed E-state index contributed by atoms with van der Waals surface area (Å²) in [5.74, 6) is -0.290. The molecular weight excluding hydrogens is 364 g/mol. The third kappa shape index (κ3) is 3.54. The number of likely N-dealkylation sites (N-methyl/N-ethyl adjacent to an activating group) is 1. The number of aromatic nitrogens is 1. The van der Waals surface area contributed by atoms with Crippen LogP contribution in [0.3, 0.4) is 0 Å². The second-order valence-electron chi connectivity index (χ2n) is 5.00. The van der Waals surface area contributed by atoms with E-state index in [1.807, 2.05) is 0 Å². The van der Waals surface area contributed by atoms with E-state index in [-0.39, 0.29) is 16.7 Å². The molecule has 1 aliphatic rings. The number of thioether (sulfide) groups is 1. The van der Waals surface area contributed by atoms with Crippen LogP contribution in [0.5, 0.6) is 0 Å². The zero-order valence-electron chi connectivity index (χ0n) is 12.9. The van der Waals surface area contributed by atoms with Crippen LogP contribution in [0, 0.1) is 10.1 Å². The number of rotatable bonds is 3. The Hall–Kier alpha value is -2.71. The first-order valence-corrected chi connectivity index (χ1v) is 8.27. The fourth-order valence-electron chi connectivity index (χ4n) is 2.13. The predicted octanol–water partition coefficient (Wildman–Crippen LogP) is 3.88. The number of nitro groups is 1. The van der Waals surface area contributed by atoms with Gasteiger partial charge in [-0.25, -0.2) is 9.98 Å². The molecule has 0 radical (unpaired) electrons. The molecule has 3 rings (SSSR count). The number of halogens is 1. The largest absolute Gasteiger partial charge is 0.290 e. The first-order chi connectivity index (χ1) is 12.0. The minimum atomic E-state index is -0.482. The molecule has 0 aliphatic carbocycles. The highest BCUT2D eigenvalue weighted by molar-refractivity contribution is 8.18. The van der Waals surface area contributed by atoms with Gasteiger partial charge in [-0.2, -0.15) is 0 Å². The van der Waals surface area contributed by atoms with Crippen molar-refractivity contribution < 1.29 is 9.72 Å². The number of carbonyl (C=O) groups excluding carboxylic acids is 1. The van der Waals surface area contributed by atoms with Crippen molar-refractivity contribution in [2.75, 3.05) is 7.05 Å². The summed E-state index contributed by atoms with van der Waals surface area (Å²) in [4.78, 5) is 33.1. The van der Waals surface area contributed by atoms with Gasteiger partial charge in [0, 0.05) is 19.3 Å². The van der Waals surface area contributed by atoms with Crippen LogP contribution in [0.1, 0.15) is 5.56 Å². The summed E-state index contributed by atoms with van der Waals surface area (Å²) in [5.41, 5.74) is 0.738. The molecule has 1 aliphatic heterocycles. The van der Waals surface area contributed by atoms with E-state index >= 15 is 0 Å². The van der Waals surface area contributed by atoms with E-state index in [9.17, 15) is 14.9 Å². The molecule has 0 bridgehead atoms. The Labute approximate surface area is 152 Å². The van der Waals surface area contributed by atoms with E-state index in [2.05, 4.69) is 9.98 Å². The Morgan fingerprint density at radius 2 is 2.08 bits per heavy atom. The maximum Gasteiger partial charge on any atom is 0.276 e. The summed E-state index contributed by atoms with van der Waals surface area (Å²) in [6.45, 7) is 0. The van der Waals surface area contributed by atoms with E-state index in [4.69, 9.17) is 11.6 Å². The Morgan fingerprint density at radius 3 is 2.80 bits per heavy atom. The highest BCUT2D eigenvalue weighted by Crippen LogP contribution is 2.35. The molecular formula is C16H11ClN4O3S. The summed E-state index contributed by atoms with van der Waals surface area (Å²) in [6.07, 6.45) is 3.04. The van der Waals surface area contributed by atoms with Gasteiger partial charge in [-0.3, -0.25) is 19.8 Å². The van der Waals surface area contributed by atoms with Crippen molar-refractivity contribution in [3.8, 4) is 0 Å². The third-order valence-electron chi connectivity index (χ3n) is 3.38. The highest BCUT2D eigenvalue weighted by Gasteiger charge is 2.31. The molecule has 0 saturated carbocycles. The summed E-state index contributed by atoms with van der Waals surface area (Å²) in [5, 5.41) is 11.8. The molecule has 0 spiro atoms. The smallest absolute Gasteiger partial charge is 0.276 e. The summed E-state index contributed by atoms with van der Waals surface area (Å²) in [6, 6.07) is 9.61. The molecule has 1 aromatic heterocycles. The molecule has 7 nitrogen and oxygen atoms in total. The second-order valence-corrected chi connectivity index (χ2v) is 6.37. The van der Waals surface area contributed by atoms with Crippen LogP contribution in [0.15, 0.2) is 52.5 Å². The van der Waals surface area contributed by atoms with Crippen LogP contribution in [0.4, 0.5) is 11.4 Å². The van der Waals surface area contributed by atoms with Crippen LogP contribution >= 0.6 is 23.4 Å². The minimum Gasteiger partial charge on any atom is -0.290 e. The number of hydrogen-bond donors (Lipinski definition) is 0. The van der Waals surface area contributed by atoms with E-state index in [1.54, 1.807) is 43.6 Å². The van der Waals surface area contributed by atoms with E-state index in [1.165, 1.54) is 17.0 Å². The fourth-order valence-corrected chi connectivity index (χ4v) is 3.26. The first kappa shape index (κ1) is 17.1. The average molecular weight is 375 g/mol. The van der Waals surface area contributed by atoms with Crippen molar-refractivity contribution in [1.29, 1.82) is 0 Å². The van der Waals surface area contributed by atoms with Gasteiger partial charge in [0.2, 0.25) is 0 Å². The zero-order chi connectivity index (χ0) is 18.0. The first-order valence-electron chi connectivity index (χ1n) is 7.07. The van der Waals surface area contributed by atoms with Gasteiger partial charge >= 0.3 is 0 Å². The molecule has 0 atom stereocenters. The van der Waals surface area contributed by atoms with Crippen LogP contribution in [0.25, 0.3) is 6.08 Å².